The summed E-state index contributed by atoms with van der Waals surface area (Å²) in [6.45, 7) is 1.000. The Bertz CT molecular complexity index is 778. The lowest BCUT2D eigenvalue weighted by molar-refractivity contribution is -0.117. The summed E-state index contributed by atoms with van der Waals surface area (Å²) in [7, 11) is 0. The minimum atomic E-state index is -0.448. The second-order valence-corrected chi connectivity index (χ2v) is 6.02. The van der Waals surface area contributed by atoms with Gasteiger partial charge < -0.3 is 14.4 Å². The van der Waals surface area contributed by atoms with Gasteiger partial charge in [-0.05, 0) is 36.8 Å². The number of hydrogen-bond donors (Lipinski definition) is 0. The van der Waals surface area contributed by atoms with Crippen molar-refractivity contribution in [2.45, 2.75) is 12.8 Å². The fourth-order valence-electron chi connectivity index (χ4n) is 2.65. The lowest BCUT2D eigenvalue weighted by atomic mass is 10.2. The number of anilines is 1. The van der Waals surface area contributed by atoms with Crippen LogP contribution in [0.5, 0.6) is 5.75 Å². The smallest absolute Gasteiger partial charge is 0.338 e. The number of rotatable bonds is 6. The Morgan fingerprint density at radius 3 is 2.72 bits per heavy atom. The molecule has 1 aliphatic heterocycles. The number of nitrogens with zero attached hydrogens (tertiary/aromatic N) is 1. The fourth-order valence-corrected chi connectivity index (χ4v) is 2.84. The molecule has 6 heteroatoms. The maximum Gasteiger partial charge on any atom is 0.338 e. The number of halogens is 1. The van der Waals surface area contributed by atoms with Crippen LogP contribution in [-0.2, 0) is 9.53 Å². The van der Waals surface area contributed by atoms with Crippen molar-refractivity contribution in [3.05, 3.63) is 59.1 Å². The first kappa shape index (κ1) is 17.3. The van der Waals surface area contributed by atoms with Gasteiger partial charge in [-0.1, -0.05) is 29.8 Å². The molecule has 1 fully saturated rings. The minimum Gasteiger partial charge on any atom is -0.488 e. The SMILES string of the molecule is O=C(OCCOc1ccccc1Cl)c1cccc(N2CCCC2=O)c1. The average Bonchev–Trinajstić information content (AvgIpc) is 3.06. The highest BCUT2D eigenvalue weighted by Crippen LogP contribution is 2.24. The largest absolute Gasteiger partial charge is 0.488 e. The average molecular weight is 360 g/mol. The summed E-state index contributed by atoms with van der Waals surface area (Å²) in [6.07, 6.45) is 1.39. The Kier molecular flexibility index (Phi) is 5.56. The summed E-state index contributed by atoms with van der Waals surface area (Å²) in [4.78, 5) is 25.7. The van der Waals surface area contributed by atoms with Crippen molar-refractivity contribution in [2.75, 3.05) is 24.7 Å². The molecule has 0 bridgehead atoms. The molecule has 0 aliphatic carbocycles. The molecule has 2 aromatic carbocycles. The number of esters is 1. The Balaban J connectivity index is 1.53. The topological polar surface area (TPSA) is 55.8 Å². The molecule has 25 heavy (non-hydrogen) atoms. The molecule has 0 aromatic heterocycles. The first-order chi connectivity index (χ1) is 12.1. The van der Waals surface area contributed by atoms with E-state index in [2.05, 4.69) is 0 Å². The number of para-hydroxylation sites is 1. The Morgan fingerprint density at radius 2 is 1.96 bits per heavy atom. The van der Waals surface area contributed by atoms with Crippen LogP contribution < -0.4 is 9.64 Å². The van der Waals surface area contributed by atoms with Crippen LogP contribution in [0.25, 0.3) is 0 Å². The van der Waals surface area contributed by atoms with Crippen LogP contribution in [0.2, 0.25) is 5.02 Å². The van der Waals surface area contributed by atoms with Crippen LogP contribution in [0.4, 0.5) is 5.69 Å². The van der Waals surface area contributed by atoms with E-state index in [1.165, 1.54) is 0 Å². The number of ether oxygens (including phenoxy) is 2. The van der Waals surface area contributed by atoms with E-state index in [-0.39, 0.29) is 19.1 Å². The molecule has 0 atom stereocenters. The van der Waals surface area contributed by atoms with Crippen LogP contribution in [0, 0.1) is 0 Å². The van der Waals surface area contributed by atoms with Crippen molar-refractivity contribution < 1.29 is 19.1 Å². The van der Waals surface area contributed by atoms with E-state index in [1.807, 2.05) is 18.2 Å². The van der Waals surface area contributed by atoms with Gasteiger partial charge in [-0.2, -0.15) is 0 Å². The van der Waals surface area contributed by atoms with Gasteiger partial charge in [-0.15, -0.1) is 0 Å². The highest BCUT2D eigenvalue weighted by molar-refractivity contribution is 6.32. The summed E-state index contributed by atoms with van der Waals surface area (Å²) in [6, 6.07) is 14.0. The van der Waals surface area contributed by atoms with Crippen molar-refractivity contribution >= 4 is 29.2 Å². The van der Waals surface area contributed by atoms with Crippen LogP contribution in [0.3, 0.4) is 0 Å². The van der Waals surface area contributed by atoms with Gasteiger partial charge in [0.1, 0.15) is 19.0 Å². The number of benzene rings is 2. The molecule has 0 spiro atoms. The van der Waals surface area contributed by atoms with E-state index in [4.69, 9.17) is 21.1 Å². The van der Waals surface area contributed by atoms with Gasteiger partial charge in [0.05, 0.1) is 10.6 Å². The predicted molar refractivity (Wildman–Crippen MR) is 95.3 cm³/mol. The van der Waals surface area contributed by atoms with Gasteiger partial charge in [-0.3, -0.25) is 4.79 Å². The Labute approximate surface area is 151 Å². The van der Waals surface area contributed by atoms with Gasteiger partial charge in [0.2, 0.25) is 5.91 Å². The quantitative estimate of drug-likeness (QED) is 0.583. The van der Waals surface area contributed by atoms with Gasteiger partial charge in [0.25, 0.3) is 0 Å². The third-order valence-corrected chi connectivity index (χ3v) is 4.19. The first-order valence-corrected chi connectivity index (χ1v) is 8.48. The molecule has 2 aromatic rings. The van der Waals surface area contributed by atoms with Gasteiger partial charge in [-0.25, -0.2) is 4.79 Å². The van der Waals surface area contributed by atoms with Crippen molar-refractivity contribution in [1.29, 1.82) is 0 Å². The molecule has 0 radical (unpaired) electrons. The zero-order valence-corrected chi connectivity index (χ0v) is 14.4. The monoisotopic (exact) mass is 359 g/mol. The van der Waals surface area contributed by atoms with E-state index < -0.39 is 5.97 Å². The second-order valence-electron chi connectivity index (χ2n) is 5.61. The van der Waals surface area contributed by atoms with Crippen molar-refractivity contribution in [1.82, 2.24) is 0 Å². The van der Waals surface area contributed by atoms with Crippen molar-refractivity contribution in [3.63, 3.8) is 0 Å². The Hall–Kier alpha value is -2.53. The number of hydrogen-bond acceptors (Lipinski definition) is 4. The summed E-state index contributed by atoms with van der Waals surface area (Å²) in [5, 5.41) is 0.511. The molecular weight excluding hydrogens is 342 g/mol. The first-order valence-electron chi connectivity index (χ1n) is 8.10. The molecule has 1 saturated heterocycles. The van der Waals surface area contributed by atoms with E-state index >= 15 is 0 Å². The zero-order chi connectivity index (χ0) is 17.6. The Morgan fingerprint density at radius 1 is 1.12 bits per heavy atom. The van der Waals surface area contributed by atoms with E-state index in [9.17, 15) is 9.59 Å². The van der Waals surface area contributed by atoms with Crippen LogP contribution >= 0.6 is 11.6 Å². The summed E-state index contributed by atoms with van der Waals surface area (Å²) >= 11 is 5.99. The number of amides is 1. The normalized spacial score (nSPS) is 13.8. The molecule has 5 nitrogen and oxygen atoms in total. The maximum atomic E-state index is 12.2. The second kappa shape index (κ2) is 8.03. The predicted octanol–water partition coefficient (Wildman–Crippen LogP) is 3.70. The van der Waals surface area contributed by atoms with Gasteiger partial charge in [0.15, 0.2) is 0 Å². The summed E-state index contributed by atoms with van der Waals surface area (Å²) < 4.78 is 10.7. The van der Waals surface area contributed by atoms with Crippen LogP contribution in [-0.4, -0.2) is 31.6 Å². The van der Waals surface area contributed by atoms with E-state index in [0.29, 0.717) is 29.3 Å². The van der Waals surface area contributed by atoms with E-state index in [1.54, 1.807) is 35.2 Å². The lowest BCUT2D eigenvalue weighted by Gasteiger charge is -2.16. The molecule has 1 aliphatic rings. The van der Waals surface area contributed by atoms with Crippen molar-refractivity contribution in [3.8, 4) is 5.75 Å². The molecular formula is C19H18ClNO4. The molecule has 1 heterocycles. The van der Waals surface area contributed by atoms with E-state index in [0.717, 1.165) is 12.1 Å². The van der Waals surface area contributed by atoms with Gasteiger partial charge >= 0.3 is 5.97 Å². The molecule has 130 valence electrons. The minimum absolute atomic E-state index is 0.0821. The maximum absolute atomic E-state index is 12.2. The van der Waals surface area contributed by atoms with Crippen LogP contribution in [0.1, 0.15) is 23.2 Å². The van der Waals surface area contributed by atoms with Crippen LogP contribution in [0.15, 0.2) is 48.5 Å². The fraction of sp³-hybridized carbons (Fsp3) is 0.263. The molecule has 0 unspecified atom stereocenters. The lowest BCUT2D eigenvalue weighted by Crippen LogP contribution is -2.24. The third kappa shape index (κ3) is 4.31. The number of carbonyl (C=O) groups is 2. The van der Waals surface area contributed by atoms with Gasteiger partial charge in [0, 0.05) is 18.7 Å². The molecule has 0 N–H and O–H groups in total. The molecule has 1 amide bonds. The molecule has 0 saturated carbocycles. The van der Waals surface area contributed by atoms with Crippen molar-refractivity contribution in [2.24, 2.45) is 0 Å². The third-order valence-electron chi connectivity index (χ3n) is 3.88. The summed E-state index contributed by atoms with van der Waals surface area (Å²) in [5.41, 5.74) is 1.14. The zero-order valence-electron chi connectivity index (χ0n) is 13.6. The summed E-state index contributed by atoms with van der Waals surface area (Å²) in [5.74, 6) is 0.185. The molecule has 3 rings (SSSR count). The highest BCUT2D eigenvalue weighted by atomic mass is 35.5. The standard InChI is InChI=1S/C19H18ClNO4/c20-16-7-1-2-8-17(16)24-11-12-25-19(23)14-5-3-6-15(13-14)21-10-4-9-18(21)22/h1-3,5-8,13H,4,9-12H2. The highest BCUT2D eigenvalue weighted by Gasteiger charge is 2.22. The number of carbonyl (C=O) groups excluding carboxylic acids is 2.